The molecule has 0 rings (SSSR count). The number of carbonyl (C=O) groups is 4. The first kappa shape index (κ1) is 96.1. The van der Waals surface area contributed by atoms with Crippen LogP contribution in [0, 0.1) is 11.8 Å². The summed E-state index contributed by atoms with van der Waals surface area (Å²) in [4.78, 5) is 72.9. The monoisotopic (exact) mass is 1440 g/mol. The fourth-order valence-corrected chi connectivity index (χ4v) is 13.7. The zero-order chi connectivity index (χ0) is 72.1. The van der Waals surface area contributed by atoms with Gasteiger partial charge in [-0.15, -0.1) is 0 Å². The summed E-state index contributed by atoms with van der Waals surface area (Å²) < 4.78 is 68.6. The second-order valence-electron chi connectivity index (χ2n) is 29.2. The van der Waals surface area contributed by atoms with Crippen molar-refractivity contribution in [3.8, 4) is 0 Å². The Morgan fingerprint density at radius 2 is 0.520 bits per heavy atom. The number of ether oxygens (including phenoxy) is 4. The number of rotatable bonds is 78. The van der Waals surface area contributed by atoms with Gasteiger partial charge in [0.25, 0.3) is 0 Å². The second-order valence-corrected chi connectivity index (χ2v) is 32.1. The molecule has 0 saturated heterocycles. The largest absolute Gasteiger partial charge is 0.472 e. The maximum Gasteiger partial charge on any atom is 0.472 e. The Kier molecular flexibility index (Phi) is 69.3. The van der Waals surface area contributed by atoms with Gasteiger partial charge in [0.15, 0.2) is 12.2 Å². The standard InChI is InChI=1S/C79H154O17P2/c1-7-10-12-14-16-18-19-20-21-22-23-24-25-30-33-39-45-51-57-63-78(83)96-75(68-90-77(82)62-56-50-44-38-32-29-27-26-28-31-36-41-47-53-59-71(4)5)70-94-98(87,88)92-66-73(80)65-91-97(85,86)93-69-74(67-89-76(81)61-55-49-43-17-15-13-11-8-2)95-79(84)64-58-52-46-40-35-34-37-42-48-54-60-72(6)9-3/h71-75,80H,7-70H2,1-6H3,(H,85,86)(H,87,88)/t72?,73-,74+,75+/m0/s1. The van der Waals surface area contributed by atoms with E-state index in [-0.39, 0.29) is 25.7 Å². The third-order valence-corrected chi connectivity index (χ3v) is 20.7. The molecule has 582 valence electrons. The molecule has 3 unspecified atom stereocenters. The minimum absolute atomic E-state index is 0.106. The highest BCUT2D eigenvalue weighted by Crippen LogP contribution is 2.45. The fraction of sp³-hybridized carbons (Fsp3) is 0.949. The van der Waals surface area contributed by atoms with Gasteiger partial charge in [-0.3, -0.25) is 37.3 Å². The van der Waals surface area contributed by atoms with Crippen LogP contribution in [0.15, 0.2) is 0 Å². The molecule has 19 heteroatoms. The zero-order valence-electron chi connectivity index (χ0n) is 64.1. The molecule has 0 fully saturated rings. The summed E-state index contributed by atoms with van der Waals surface area (Å²) in [6.45, 7) is 9.64. The molecule has 6 atom stereocenters. The van der Waals surface area contributed by atoms with Gasteiger partial charge < -0.3 is 33.8 Å². The Labute approximate surface area is 600 Å². The molecular weight excluding hydrogens is 1280 g/mol. The zero-order valence-corrected chi connectivity index (χ0v) is 65.9. The molecule has 0 radical (unpaired) electrons. The fourth-order valence-electron chi connectivity index (χ4n) is 12.2. The van der Waals surface area contributed by atoms with Gasteiger partial charge in [-0.1, -0.05) is 363 Å². The van der Waals surface area contributed by atoms with Crippen LogP contribution in [0.2, 0.25) is 0 Å². The SMILES string of the molecule is CCCCCCCCCCCCCCCCCCCCCC(=O)O[C@H](COC(=O)CCCCCCCCCCCCCCCCC(C)C)COP(=O)(O)OC[C@@H](O)COP(=O)(O)OC[C@@H](COC(=O)CCCCCCCCCC)OC(=O)CCCCCCCCCCCCC(C)CC. The average molecular weight is 1440 g/mol. The van der Waals surface area contributed by atoms with E-state index in [4.69, 9.17) is 37.0 Å². The summed E-state index contributed by atoms with van der Waals surface area (Å²) in [6.07, 6.45) is 59.7. The lowest BCUT2D eigenvalue weighted by Gasteiger charge is -2.21. The molecule has 17 nitrogen and oxygen atoms in total. The van der Waals surface area contributed by atoms with Gasteiger partial charge in [0, 0.05) is 25.7 Å². The van der Waals surface area contributed by atoms with E-state index in [1.165, 1.54) is 225 Å². The van der Waals surface area contributed by atoms with Crippen LogP contribution in [-0.2, 0) is 65.4 Å². The van der Waals surface area contributed by atoms with E-state index in [0.717, 1.165) is 108 Å². The average Bonchev–Trinajstić information content (AvgIpc) is 1.07. The van der Waals surface area contributed by atoms with E-state index in [0.29, 0.717) is 25.7 Å². The number of phosphoric acid groups is 2. The Morgan fingerprint density at radius 3 is 0.776 bits per heavy atom. The number of phosphoric ester groups is 2. The Balaban J connectivity index is 5.21. The van der Waals surface area contributed by atoms with Crippen molar-refractivity contribution in [1.82, 2.24) is 0 Å². The summed E-state index contributed by atoms with van der Waals surface area (Å²) in [7, 11) is -9.91. The van der Waals surface area contributed by atoms with Crippen LogP contribution < -0.4 is 0 Å². The lowest BCUT2D eigenvalue weighted by molar-refractivity contribution is -0.161. The first-order valence-corrected chi connectivity index (χ1v) is 44.0. The van der Waals surface area contributed by atoms with Gasteiger partial charge in [-0.05, 0) is 37.5 Å². The highest BCUT2D eigenvalue weighted by molar-refractivity contribution is 7.47. The van der Waals surface area contributed by atoms with Crippen LogP contribution in [0.5, 0.6) is 0 Å². The molecule has 0 aromatic heterocycles. The molecule has 3 N–H and O–H groups in total. The van der Waals surface area contributed by atoms with Gasteiger partial charge >= 0.3 is 39.5 Å². The van der Waals surface area contributed by atoms with E-state index in [9.17, 15) is 43.2 Å². The number of aliphatic hydroxyl groups excluding tert-OH is 1. The quantitative estimate of drug-likeness (QED) is 0.0222. The molecule has 98 heavy (non-hydrogen) atoms. The van der Waals surface area contributed by atoms with Gasteiger partial charge in [-0.25, -0.2) is 9.13 Å². The first-order chi connectivity index (χ1) is 47.4. The number of esters is 4. The molecule has 0 aliphatic heterocycles. The summed E-state index contributed by atoms with van der Waals surface area (Å²) >= 11 is 0. The maximum atomic E-state index is 13.1. The van der Waals surface area contributed by atoms with Gasteiger partial charge in [0.1, 0.15) is 19.3 Å². The maximum absolute atomic E-state index is 13.1. The van der Waals surface area contributed by atoms with Crippen LogP contribution in [0.4, 0.5) is 0 Å². The minimum Gasteiger partial charge on any atom is -0.462 e. The van der Waals surface area contributed by atoms with Crippen molar-refractivity contribution in [2.24, 2.45) is 11.8 Å². The van der Waals surface area contributed by atoms with Gasteiger partial charge in [0.2, 0.25) is 0 Å². The Bertz CT molecular complexity index is 1890. The molecule has 0 aromatic carbocycles. The van der Waals surface area contributed by atoms with E-state index in [1.807, 2.05) is 0 Å². The summed E-state index contributed by atoms with van der Waals surface area (Å²) in [6, 6.07) is 0. The second kappa shape index (κ2) is 70.7. The topological polar surface area (TPSA) is 237 Å². The van der Waals surface area contributed by atoms with E-state index in [1.54, 1.807) is 0 Å². The first-order valence-electron chi connectivity index (χ1n) is 41.0. The molecular formula is C79H154O17P2. The molecule has 0 aliphatic rings. The van der Waals surface area contributed by atoms with Gasteiger partial charge in [0.05, 0.1) is 26.4 Å². The number of hydrogen-bond acceptors (Lipinski definition) is 15. The van der Waals surface area contributed by atoms with Crippen LogP contribution in [0.25, 0.3) is 0 Å². The number of hydrogen-bond donors (Lipinski definition) is 3. The van der Waals surface area contributed by atoms with E-state index >= 15 is 0 Å². The van der Waals surface area contributed by atoms with Crippen molar-refractivity contribution in [1.29, 1.82) is 0 Å². The molecule has 0 amide bonds. The predicted octanol–water partition coefficient (Wildman–Crippen LogP) is 23.5. The molecule has 0 aliphatic carbocycles. The molecule has 0 heterocycles. The van der Waals surface area contributed by atoms with Crippen molar-refractivity contribution in [3.63, 3.8) is 0 Å². The van der Waals surface area contributed by atoms with E-state index < -0.39 is 97.5 Å². The van der Waals surface area contributed by atoms with Crippen molar-refractivity contribution < 1.29 is 80.2 Å². The minimum atomic E-state index is -4.96. The third kappa shape index (κ3) is 71.1. The van der Waals surface area contributed by atoms with Crippen LogP contribution in [-0.4, -0.2) is 96.7 Å². The Morgan fingerprint density at radius 1 is 0.296 bits per heavy atom. The molecule has 0 spiro atoms. The highest BCUT2D eigenvalue weighted by atomic mass is 31.2. The summed E-state index contributed by atoms with van der Waals surface area (Å²) in [5.74, 6) is -0.511. The number of carbonyl (C=O) groups excluding carboxylic acids is 4. The van der Waals surface area contributed by atoms with Crippen LogP contribution in [0.1, 0.15) is 414 Å². The molecule has 0 bridgehead atoms. The van der Waals surface area contributed by atoms with E-state index in [2.05, 4.69) is 41.5 Å². The normalized spacial score (nSPS) is 14.2. The molecule has 0 aromatic rings. The number of aliphatic hydroxyl groups is 1. The molecule has 0 saturated carbocycles. The summed E-state index contributed by atoms with van der Waals surface area (Å²) in [5, 5.41) is 10.6. The predicted molar refractivity (Wildman–Crippen MR) is 400 cm³/mol. The lowest BCUT2D eigenvalue weighted by atomic mass is 9.99. The van der Waals surface area contributed by atoms with Crippen molar-refractivity contribution in [3.05, 3.63) is 0 Å². The van der Waals surface area contributed by atoms with Gasteiger partial charge in [-0.2, -0.15) is 0 Å². The smallest absolute Gasteiger partial charge is 0.462 e. The highest BCUT2D eigenvalue weighted by Gasteiger charge is 2.30. The van der Waals surface area contributed by atoms with Crippen molar-refractivity contribution in [2.45, 2.75) is 432 Å². The van der Waals surface area contributed by atoms with Crippen molar-refractivity contribution >= 4 is 39.5 Å². The Hall–Kier alpha value is -1.94. The third-order valence-electron chi connectivity index (χ3n) is 18.8. The lowest BCUT2D eigenvalue weighted by Crippen LogP contribution is -2.30. The summed E-state index contributed by atoms with van der Waals surface area (Å²) in [5.41, 5.74) is 0. The van der Waals surface area contributed by atoms with Crippen LogP contribution >= 0.6 is 15.6 Å². The van der Waals surface area contributed by atoms with Crippen LogP contribution in [0.3, 0.4) is 0 Å². The van der Waals surface area contributed by atoms with Crippen molar-refractivity contribution in [2.75, 3.05) is 39.6 Å². The number of unbranched alkanes of at least 4 members (excludes halogenated alkanes) is 47.